The van der Waals surface area contributed by atoms with Crippen molar-refractivity contribution in [2.24, 2.45) is 0 Å². The van der Waals surface area contributed by atoms with Crippen LogP contribution in [0.25, 0.3) is 5.69 Å². The fraction of sp³-hybridized carbons (Fsp3) is 0.200. The largest absolute Gasteiger partial charge is 0.472 e. The number of anilines is 1. The third-order valence-electron chi connectivity index (χ3n) is 4.26. The lowest BCUT2D eigenvalue weighted by molar-refractivity contribution is 0.283. The fourth-order valence-corrected chi connectivity index (χ4v) is 3.22. The highest BCUT2D eigenvalue weighted by molar-refractivity contribution is 9.10. The van der Waals surface area contributed by atoms with Crippen LogP contribution in [0.15, 0.2) is 39.6 Å². The van der Waals surface area contributed by atoms with Crippen LogP contribution in [0.4, 0.5) is 23.2 Å². The van der Waals surface area contributed by atoms with Crippen molar-refractivity contribution in [2.45, 2.75) is 13.5 Å². The first-order valence-corrected chi connectivity index (χ1v) is 9.42. The van der Waals surface area contributed by atoms with E-state index in [1.54, 1.807) is 14.1 Å². The topological polar surface area (TPSA) is 47.4 Å². The Labute approximate surface area is 177 Å². The van der Waals surface area contributed by atoms with Crippen LogP contribution in [-0.2, 0) is 6.61 Å². The monoisotopic (exact) mass is 485 g/mol. The van der Waals surface area contributed by atoms with E-state index in [1.807, 2.05) is 0 Å². The summed E-state index contributed by atoms with van der Waals surface area (Å²) >= 11 is 3.08. The molecule has 3 aromatic rings. The van der Waals surface area contributed by atoms with Gasteiger partial charge in [-0.25, -0.2) is 17.6 Å². The average Bonchev–Trinajstić information content (AvgIpc) is 2.65. The van der Waals surface area contributed by atoms with Gasteiger partial charge in [-0.15, -0.1) is 0 Å². The fourth-order valence-electron chi connectivity index (χ4n) is 2.84. The second-order valence-electron chi connectivity index (χ2n) is 6.59. The van der Waals surface area contributed by atoms with E-state index in [0.29, 0.717) is 12.1 Å². The highest BCUT2D eigenvalue weighted by Gasteiger charge is 2.22. The Balaban J connectivity index is 2.06. The van der Waals surface area contributed by atoms with Crippen molar-refractivity contribution in [3.63, 3.8) is 0 Å². The van der Waals surface area contributed by atoms with Gasteiger partial charge in [-0.2, -0.15) is 4.98 Å². The standard InChI is InChI=1S/C20H16BrF4N3O2/c1-10-26-19(30-9-11-4-5-12(22)6-14(11)24)17(21)20(29)28(10)18-15(25)7-13(23)8-16(18)27(2)3/h4-8H,9H2,1-3H3. The summed E-state index contributed by atoms with van der Waals surface area (Å²) in [6.07, 6.45) is 0. The summed E-state index contributed by atoms with van der Waals surface area (Å²) in [6, 6.07) is 4.77. The minimum Gasteiger partial charge on any atom is -0.472 e. The highest BCUT2D eigenvalue weighted by Crippen LogP contribution is 2.29. The molecule has 3 rings (SSSR count). The van der Waals surface area contributed by atoms with E-state index >= 15 is 0 Å². The predicted octanol–water partition coefficient (Wildman–Crippen LogP) is 4.50. The second kappa shape index (κ2) is 8.47. The summed E-state index contributed by atoms with van der Waals surface area (Å²) in [5.74, 6) is -3.36. The van der Waals surface area contributed by atoms with Gasteiger partial charge < -0.3 is 9.64 Å². The third-order valence-corrected chi connectivity index (χ3v) is 4.94. The van der Waals surface area contributed by atoms with Crippen molar-refractivity contribution in [2.75, 3.05) is 19.0 Å². The van der Waals surface area contributed by atoms with E-state index in [2.05, 4.69) is 20.9 Å². The minimum absolute atomic E-state index is 0.0615. The molecule has 0 bridgehead atoms. The van der Waals surface area contributed by atoms with Crippen LogP contribution in [0, 0.1) is 30.2 Å². The van der Waals surface area contributed by atoms with Crippen molar-refractivity contribution in [3.05, 3.63) is 79.8 Å². The van der Waals surface area contributed by atoms with Gasteiger partial charge in [0.05, 0.1) is 5.69 Å². The van der Waals surface area contributed by atoms with Crippen LogP contribution in [0.2, 0.25) is 0 Å². The molecule has 10 heteroatoms. The Bertz CT molecular complexity index is 1180. The number of aryl methyl sites for hydroxylation is 1. The molecule has 0 N–H and O–H groups in total. The molecule has 0 aliphatic heterocycles. The van der Waals surface area contributed by atoms with Gasteiger partial charge in [-0.1, -0.05) is 0 Å². The number of aromatic nitrogens is 2. The second-order valence-corrected chi connectivity index (χ2v) is 7.39. The van der Waals surface area contributed by atoms with E-state index in [4.69, 9.17) is 4.74 Å². The molecule has 0 aliphatic rings. The van der Waals surface area contributed by atoms with Crippen LogP contribution in [0.3, 0.4) is 0 Å². The Morgan fingerprint density at radius 1 is 1.07 bits per heavy atom. The van der Waals surface area contributed by atoms with E-state index in [9.17, 15) is 22.4 Å². The molecule has 0 unspecified atom stereocenters. The number of hydrogen-bond donors (Lipinski definition) is 0. The lowest BCUT2D eigenvalue weighted by atomic mass is 10.2. The zero-order valence-electron chi connectivity index (χ0n) is 16.1. The molecular weight excluding hydrogens is 470 g/mol. The summed E-state index contributed by atoms with van der Waals surface area (Å²) in [5.41, 5.74) is -0.682. The van der Waals surface area contributed by atoms with Crippen molar-refractivity contribution in [1.29, 1.82) is 0 Å². The van der Waals surface area contributed by atoms with Gasteiger partial charge in [0.15, 0.2) is 5.82 Å². The molecule has 158 valence electrons. The Hall–Kier alpha value is -2.88. The zero-order valence-corrected chi connectivity index (χ0v) is 17.7. The normalized spacial score (nSPS) is 10.9. The molecule has 0 radical (unpaired) electrons. The SMILES string of the molecule is Cc1nc(OCc2ccc(F)cc2F)c(Br)c(=O)n1-c1c(F)cc(F)cc1N(C)C. The van der Waals surface area contributed by atoms with E-state index < -0.39 is 28.8 Å². The minimum atomic E-state index is -0.945. The maximum atomic E-state index is 14.6. The average molecular weight is 486 g/mol. The number of benzene rings is 2. The van der Waals surface area contributed by atoms with Crippen molar-refractivity contribution in [3.8, 4) is 11.6 Å². The van der Waals surface area contributed by atoms with Gasteiger partial charge in [0.2, 0.25) is 5.88 Å². The number of hydrogen-bond acceptors (Lipinski definition) is 4. The van der Waals surface area contributed by atoms with E-state index in [0.717, 1.165) is 16.7 Å². The van der Waals surface area contributed by atoms with Gasteiger partial charge >= 0.3 is 0 Å². The molecule has 0 aliphatic carbocycles. The predicted molar refractivity (Wildman–Crippen MR) is 107 cm³/mol. The quantitative estimate of drug-likeness (QED) is 0.499. The summed E-state index contributed by atoms with van der Waals surface area (Å²) in [5, 5.41) is 0. The summed E-state index contributed by atoms with van der Waals surface area (Å²) < 4.78 is 61.4. The Morgan fingerprint density at radius 3 is 2.37 bits per heavy atom. The van der Waals surface area contributed by atoms with E-state index in [-0.39, 0.29) is 39.7 Å². The van der Waals surface area contributed by atoms with Gasteiger partial charge in [-0.05, 0) is 41.1 Å². The molecule has 0 spiro atoms. The van der Waals surface area contributed by atoms with Crippen molar-refractivity contribution >= 4 is 21.6 Å². The third kappa shape index (κ3) is 4.18. The molecule has 5 nitrogen and oxygen atoms in total. The molecule has 0 saturated heterocycles. The maximum Gasteiger partial charge on any atom is 0.276 e. The summed E-state index contributed by atoms with van der Waals surface area (Å²) in [7, 11) is 3.16. The van der Waals surface area contributed by atoms with Crippen molar-refractivity contribution < 1.29 is 22.3 Å². The van der Waals surface area contributed by atoms with Gasteiger partial charge in [0.1, 0.15) is 40.0 Å². The molecule has 0 fully saturated rings. The number of nitrogens with zero attached hydrogens (tertiary/aromatic N) is 3. The lowest BCUT2D eigenvalue weighted by Gasteiger charge is -2.21. The molecule has 30 heavy (non-hydrogen) atoms. The molecule has 2 aromatic carbocycles. The zero-order chi connectivity index (χ0) is 22.2. The molecule has 0 amide bonds. The molecule has 1 aromatic heterocycles. The molecule has 0 saturated carbocycles. The van der Waals surface area contributed by atoms with Crippen LogP contribution in [0.5, 0.6) is 5.88 Å². The van der Waals surface area contributed by atoms with Crippen LogP contribution in [-0.4, -0.2) is 23.6 Å². The number of halogens is 5. The highest BCUT2D eigenvalue weighted by atomic mass is 79.9. The van der Waals surface area contributed by atoms with E-state index in [1.165, 1.54) is 17.9 Å². The molecular formula is C20H16BrF4N3O2. The Morgan fingerprint density at radius 2 is 1.73 bits per heavy atom. The first-order chi connectivity index (χ1) is 14.1. The van der Waals surface area contributed by atoms with Gasteiger partial charge in [0.25, 0.3) is 5.56 Å². The number of rotatable bonds is 5. The van der Waals surface area contributed by atoms with Gasteiger partial charge in [-0.3, -0.25) is 9.36 Å². The smallest absolute Gasteiger partial charge is 0.276 e. The maximum absolute atomic E-state index is 14.6. The summed E-state index contributed by atoms with van der Waals surface area (Å²) in [6.45, 7) is 1.13. The van der Waals surface area contributed by atoms with Gasteiger partial charge in [0, 0.05) is 31.8 Å². The first kappa shape index (κ1) is 21.8. The first-order valence-electron chi connectivity index (χ1n) is 8.62. The van der Waals surface area contributed by atoms with Crippen LogP contribution < -0.4 is 15.2 Å². The molecule has 1 heterocycles. The summed E-state index contributed by atoms with van der Waals surface area (Å²) in [4.78, 5) is 18.6. The molecule has 0 atom stereocenters. The van der Waals surface area contributed by atoms with Crippen LogP contribution in [0.1, 0.15) is 11.4 Å². The lowest BCUT2D eigenvalue weighted by Crippen LogP contribution is -2.27. The number of ether oxygens (including phenoxy) is 1. The van der Waals surface area contributed by atoms with Crippen molar-refractivity contribution in [1.82, 2.24) is 9.55 Å². The van der Waals surface area contributed by atoms with Crippen LogP contribution >= 0.6 is 15.9 Å². The Kier molecular flexibility index (Phi) is 6.16.